The monoisotopic (exact) mass is 216 g/mol. The Bertz CT molecular complexity index is 193. The number of ether oxygens (including phenoxy) is 2. The van der Waals surface area contributed by atoms with Gasteiger partial charge in [0.15, 0.2) is 0 Å². The molecule has 1 aliphatic rings. The van der Waals surface area contributed by atoms with E-state index in [9.17, 15) is 4.79 Å². The lowest BCUT2D eigenvalue weighted by molar-refractivity contribution is -0.123. The van der Waals surface area contributed by atoms with Crippen LogP contribution >= 0.6 is 0 Å². The van der Waals surface area contributed by atoms with Crippen molar-refractivity contribution in [3.63, 3.8) is 0 Å². The van der Waals surface area contributed by atoms with Crippen LogP contribution in [0.2, 0.25) is 0 Å². The molecule has 1 rings (SSSR count). The molecule has 2 unspecified atom stereocenters. The van der Waals surface area contributed by atoms with Gasteiger partial charge in [0.1, 0.15) is 6.04 Å². The van der Waals surface area contributed by atoms with Crippen molar-refractivity contribution >= 4 is 5.91 Å². The molecule has 0 bridgehead atoms. The highest BCUT2D eigenvalue weighted by atomic mass is 16.5. The number of hydrogen-bond donors (Lipinski definition) is 2. The lowest BCUT2D eigenvalue weighted by Gasteiger charge is -2.12. The highest BCUT2D eigenvalue weighted by molar-refractivity contribution is 5.81. The van der Waals surface area contributed by atoms with Gasteiger partial charge in [0.25, 0.3) is 0 Å². The molecule has 3 N–H and O–H groups in total. The quantitative estimate of drug-likeness (QED) is 0.628. The van der Waals surface area contributed by atoms with Gasteiger partial charge in [0.2, 0.25) is 5.91 Å². The standard InChI is InChI=1S/C10H20N2O3/c1-14-7-9(11)10(13)12-4-2-8-3-5-15-6-8/h8-9H,2-7,11H2,1H3,(H,12,13). The van der Waals surface area contributed by atoms with E-state index in [1.807, 2.05) is 0 Å². The lowest BCUT2D eigenvalue weighted by Crippen LogP contribution is -2.44. The molecule has 1 heterocycles. The van der Waals surface area contributed by atoms with Crippen LogP contribution < -0.4 is 11.1 Å². The zero-order chi connectivity index (χ0) is 11.1. The number of nitrogens with one attached hydrogen (secondary N) is 1. The summed E-state index contributed by atoms with van der Waals surface area (Å²) in [6.45, 7) is 2.60. The van der Waals surface area contributed by atoms with E-state index < -0.39 is 6.04 Å². The van der Waals surface area contributed by atoms with E-state index in [0.29, 0.717) is 12.5 Å². The Labute approximate surface area is 90.3 Å². The average Bonchev–Trinajstić information content (AvgIpc) is 2.71. The lowest BCUT2D eigenvalue weighted by atomic mass is 10.1. The fraction of sp³-hybridized carbons (Fsp3) is 0.900. The Balaban J connectivity index is 2.05. The smallest absolute Gasteiger partial charge is 0.239 e. The molecule has 0 spiro atoms. The van der Waals surface area contributed by atoms with Gasteiger partial charge >= 0.3 is 0 Å². The fourth-order valence-corrected chi connectivity index (χ4v) is 1.60. The Hall–Kier alpha value is -0.650. The van der Waals surface area contributed by atoms with Gasteiger partial charge in [-0.05, 0) is 18.8 Å². The highest BCUT2D eigenvalue weighted by Gasteiger charge is 2.16. The number of carbonyl (C=O) groups excluding carboxylic acids is 1. The van der Waals surface area contributed by atoms with Crippen LogP contribution in [-0.4, -0.2) is 45.4 Å². The third kappa shape index (κ3) is 4.59. The zero-order valence-corrected chi connectivity index (χ0v) is 9.20. The van der Waals surface area contributed by atoms with Crippen molar-refractivity contribution in [3.05, 3.63) is 0 Å². The van der Waals surface area contributed by atoms with E-state index in [2.05, 4.69) is 5.32 Å². The Morgan fingerprint density at radius 3 is 3.13 bits per heavy atom. The summed E-state index contributed by atoms with van der Waals surface area (Å²) in [6, 6.07) is -0.560. The van der Waals surface area contributed by atoms with Crippen LogP contribution in [0.3, 0.4) is 0 Å². The average molecular weight is 216 g/mol. The first-order valence-electron chi connectivity index (χ1n) is 5.34. The molecule has 0 aliphatic carbocycles. The second-order valence-electron chi connectivity index (χ2n) is 3.87. The number of methoxy groups -OCH3 is 1. The fourth-order valence-electron chi connectivity index (χ4n) is 1.60. The number of hydrogen-bond acceptors (Lipinski definition) is 4. The second-order valence-corrected chi connectivity index (χ2v) is 3.87. The maximum Gasteiger partial charge on any atom is 0.239 e. The maximum atomic E-state index is 11.4. The van der Waals surface area contributed by atoms with Crippen molar-refractivity contribution in [1.82, 2.24) is 5.32 Å². The minimum atomic E-state index is -0.560. The molecule has 88 valence electrons. The third-order valence-electron chi connectivity index (χ3n) is 2.56. The predicted molar refractivity (Wildman–Crippen MR) is 56.4 cm³/mol. The molecule has 0 aromatic rings. The van der Waals surface area contributed by atoms with E-state index in [4.69, 9.17) is 15.2 Å². The van der Waals surface area contributed by atoms with Gasteiger partial charge in [-0.25, -0.2) is 0 Å². The number of nitrogens with two attached hydrogens (primary N) is 1. The summed E-state index contributed by atoms with van der Waals surface area (Å²) in [6.07, 6.45) is 2.06. The first-order chi connectivity index (χ1) is 7.24. The number of amides is 1. The summed E-state index contributed by atoms with van der Waals surface area (Å²) in [7, 11) is 1.53. The molecule has 1 saturated heterocycles. The molecule has 5 heteroatoms. The first kappa shape index (κ1) is 12.4. The Morgan fingerprint density at radius 2 is 2.53 bits per heavy atom. The van der Waals surface area contributed by atoms with Crippen LogP contribution in [0, 0.1) is 5.92 Å². The summed E-state index contributed by atoms with van der Waals surface area (Å²) in [5.41, 5.74) is 5.56. The van der Waals surface area contributed by atoms with Crippen molar-refractivity contribution in [2.45, 2.75) is 18.9 Å². The molecule has 0 aromatic carbocycles. The number of carbonyl (C=O) groups is 1. The Morgan fingerprint density at radius 1 is 1.73 bits per heavy atom. The summed E-state index contributed by atoms with van der Waals surface area (Å²) in [5, 5.41) is 2.79. The molecule has 15 heavy (non-hydrogen) atoms. The summed E-state index contributed by atoms with van der Waals surface area (Å²) >= 11 is 0. The molecule has 0 saturated carbocycles. The van der Waals surface area contributed by atoms with Crippen molar-refractivity contribution in [1.29, 1.82) is 0 Å². The number of rotatable bonds is 6. The second kappa shape index (κ2) is 6.76. The predicted octanol–water partition coefficient (Wildman–Crippen LogP) is -0.497. The van der Waals surface area contributed by atoms with Crippen LogP contribution in [0.1, 0.15) is 12.8 Å². The van der Waals surface area contributed by atoms with Gasteiger partial charge < -0.3 is 20.5 Å². The maximum absolute atomic E-state index is 11.4. The molecule has 0 aromatic heterocycles. The molecule has 2 atom stereocenters. The van der Waals surface area contributed by atoms with E-state index in [0.717, 1.165) is 26.1 Å². The topological polar surface area (TPSA) is 73.6 Å². The van der Waals surface area contributed by atoms with E-state index in [-0.39, 0.29) is 12.5 Å². The van der Waals surface area contributed by atoms with Crippen molar-refractivity contribution in [2.75, 3.05) is 33.5 Å². The highest BCUT2D eigenvalue weighted by Crippen LogP contribution is 2.14. The molecule has 0 radical (unpaired) electrons. The minimum absolute atomic E-state index is 0.143. The van der Waals surface area contributed by atoms with Crippen LogP contribution in [0.5, 0.6) is 0 Å². The van der Waals surface area contributed by atoms with E-state index >= 15 is 0 Å². The van der Waals surface area contributed by atoms with Gasteiger partial charge in [-0.2, -0.15) is 0 Å². The van der Waals surface area contributed by atoms with Crippen molar-refractivity contribution < 1.29 is 14.3 Å². The van der Waals surface area contributed by atoms with Gasteiger partial charge in [-0.3, -0.25) is 4.79 Å². The van der Waals surface area contributed by atoms with Gasteiger partial charge in [0, 0.05) is 26.9 Å². The normalized spacial score (nSPS) is 22.7. The van der Waals surface area contributed by atoms with Gasteiger partial charge in [-0.15, -0.1) is 0 Å². The van der Waals surface area contributed by atoms with Crippen LogP contribution in [-0.2, 0) is 14.3 Å². The van der Waals surface area contributed by atoms with Gasteiger partial charge in [-0.1, -0.05) is 0 Å². The molecule has 5 nitrogen and oxygen atoms in total. The van der Waals surface area contributed by atoms with Crippen LogP contribution in [0.15, 0.2) is 0 Å². The van der Waals surface area contributed by atoms with Crippen LogP contribution in [0.4, 0.5) is 0 Å². The summed E-state index contributed by atoms with van der Waals surface area (Å²) in [4.78, 5) is 11.4. The summed E-state index contributed by atoms with van der Waals surface area (Å²) in [5.74, 6) is 0.444. The third-order valence-corrected chi connectivity index (χ3v) is 2.56. The SMILES string of the molecule is COCC(N)C(=O)NCCC1CCOC1. The van der Waals surface area contributed by atoms with E-state index in [1.54, 1.807) is 0 Å². The van der Waals surface area contributed by atoms with Crippen molar-refractivity contribution in [2.24, 2.45) is 11.7 Å². The zero-order valence-electron chi connectivity index (χ0n) is 9.20. The molecule has 1 aliphatic heterocycles. The van der Waals surface area contributed by atoms with E-state index in [1.165, 1.54) is 7.11 Å². The molecular formula is C10H20N2O3. The summed E-state index contributed by atoms with van der Waals surface area (Å²) < 4.78 is 10.0. The Kier molecular flexibility index (Phi) is 5.60. The van der Waals surface area contributed by atoms with Crippen LogP contribution in [0.25, 0.3) is 0 Å². The first-order valence-corrected chi connectivity index (χ1v) is 5.34. The molecule has 1 fully saturated rings. The molecular weight excluding hydrogens is 196 g/mol. The van der Waals surface area contributed by atoms with Gasteiger partial charge in [0.05, 0.1) is 6.61 Å². The molecule has 1 amide bonds. The minimum Gasteiger partial charge on any atom is -0.383 e. The largest absolute Gasteiger partial charge is 0.383 e. The van der Waals surface area contributed by atoms with Crippen molar-refractivity contribution in [3.8, 4) is 0 Å².